The van der Waals surface area contributed by atoms with Crippen molar-refractivity contribution in [1.82, 2.24) is 40.6 Å². The Morgan fingerprint density at radius 2 is 1.62 bits per heavy atom. The molecule has 0 bridgehead atoms. The maximum absolute atomic E-state index is 6.31. The van der Waals surface area contributed by atoms with Crippen molar-refractivity contribution in [3.05, 3.63) is 127 Å². The number of H-pyrrole nitrogens is 3. The van der Waals surface area contributed by atoms with Gasteiger partial charge in [0.15, 0.2) is 0 Å². The van der Waals surface area contributed by atoms with Crippen LogP contribution in [0.2, 0.25) is 0 Å². The third kappa shape index (κ3) is 4.36. The molecule has 0 aliphatic heterocycles. The summed E-state index contributed by atoms with van der Waals surface area (Å²) < 4.78 is 7.35. The molecule has 3 N–H and O–H groups in total. The molecule has 0 radical (unpaired) electrons. The molecule has 0 saturated heterocycles. The number of hydrogen-bond acceptors (Lipinski definition) is 8. The van der Waals surface area contributed by atoms with Crippen LogP contribution in [0.1, 0.15) is 0 Å². The van der Waals surface area contributed by atoms with E-state index >= 15 is 0 Å². The first-order valence-electron chi connectivity index (χ1n) is 16.6. The van der Waals surface area contributed by atoms with E-state index in [1.165, 1.54) is 0 Å². The van der Waals surface area contributed by atoms with E-state index in [0.717, 1.165) is 109 Å². The van der Waals surface area contributed by atoms with Gasteiger partial charge < -0.3 is 9.40 Å². The van der Waals surface area contributed by atoms with Crippen LogP contribution >= 0.6 is 22.7 Å². The van der Waals surface area contributed by atoms with Crippen molar-refractivity contribution in [2.45, 2.75) is 0 Å². The molecule has 7 heterocycles. The number of hydrogen-bond donors (Lipinski definition) is 3. The number of nitrogens with zero attached hydrogens (tertiary/aromatic N) is 5. The van der Waals surface area contributed by atoms with Crippen LogP contribution in [-0.4, -0.2) is 40.6 Å². The van der Waals surface area contributed by atoms with Gasteiger partial charge in [-0.3, -0.25) is 15.2 Å². The van der Waals surface area contributed by atoms with Crippen LogP contribution in [0.4, 0.5) is 0 Å². The van der Waals surface area contributed by atoms with E-state index in [9.17, 15) is 0 Å². The summed E-state index contributed by atoms with van der Waals surface area (Å²) in [6.07, 6.45) is 5.49. The fraction of sp³-hybridized carbons (Fsp3) is 0. The van der Waals surface area contributed by atoms with E-state index < -0.39 is 0 Å². The zero-order chi connectivity index (χ0) is 34.2. The summed E-state index contributed by atoms with van der Waals surface area (Å²) in [7, 11) is 0. The highest BCUT2D eigenvalue weighted by Crippen LogP contribution is 2.58. The van der Waals surface area contributed by atoms with Gasteiger partial charge in [0, 0.05) is 71.1 Å². The average molecular weight is 709 g/mol. The van der Waals surface area contributed by atoms with Crippen LogP contribution in [-0.2, 0) is 0 Å². The maximum Gasteiger partial charge on any atom is 0.136 e. The molecular weight excluding hydrogens is 685 g/mol. The number of fused-ring (bicyclic) bond motifs is 4. The number of para-hydroxylation sites is 3. The lowest BCUT2D eigenvalue weighted by molar-refractivity contribution is 0.583. The second-order valence-corrected chi connectivity index (χ2v) is 14.4. The molecule has 11 rings (SSSR count). The second kappa shape index (κ2) is 11.4. The summed E-state index contributed by atoms with van der Waals surface area (Å²) in [5, 5.41) is 24.2. The van der Waals surface area contributed by atoms with E-state index in [1.807, 2.05) is 60.9 Å². The predicted molar refractivity (Wildman–Crippen MR) is 209 cm³/mol. The highest BCUT2D eigenvalue weighted by molar-refractivity contribution is 7.27. The smallest absolute Gasteiger partial charge is 0.136 e. The van der Waals surface area contributed by atoms with Gasteiger partial charge in [0.05, 0.1) is 45.3 Å². The third-order valence-corrected chi connectivity index (χ3v) is 11.8. The molecule has 7 aromatic heterocycles. The minimum atomic E-state index is 0.746. The molecule has 246 valence electrons. The van der Waals surface area contributed by atoms with Gasteiger partial charge >= 0.3 is 0 Å². The quantitative estimate of drug-likeness (QED) is 0.158. The normalized spacial score (nSPS) is 11.8. The van der Waals surface area contributed by atoms with Gasteiger partial charge in [-0.1, -0.05) is 53.7 Å². The Bertz CT molecular complexity index is 3050. The fourth-order valence-corrected chi connectivity index (χ4v) is 9.60. The second-order valence-electron chi connectivity index (χ2n) is 12.5. The number of aromatic amines is 3. The van der Waals surface area contributed by atoms with E-state index in [2.05, 4.69) is 85.5 Å². The Morgan fingerprint density at radius 3 is 2.46 bits per heavy atom. The highest BCUT2D eigenvalue weighted by Gasteiger charge is 2.33. The lowest BCUT2D eigenvalue weighted by Crippen LogP contribution is -1.99. The van der Waals surface area contributed by atoms with Gasteiger partial charge in [-0.25, -0.2) is 4.98 Å². The Kier molecular flexibility index (Phi) is 6.39. The Balaban J connectivity index is 1.44. The van der Waals surface area contributed by atoms with E-state index in [1.54, 1.807) is 28.9 Å². The summed E-state index contributed by atoms with van der Waals surface area (Å²) in [6, 6.07) is 35.0. The number of nitrogens with one attached hydrogen (secondary N) is 3. The van der Waals surface area contributed by atoms with Gasteiger partial charge in [-0.2, -0.15) is 5.10 Å². The molecule has 0 aliphatic rings. The van der Waals surface area contributed by atoms with Crippen LogP contribution in [0, 0.1) is 0 Å². The monoisotopic (exact) mass is 708 g/mol. The zero-order valence-corrected chi connectivity index (χ0v) is 28.7. The van der Waals surface area contributed by atoms with Crippen LogP contribution in [0.25, 0.3) is 109 Å². The summed E-state index contributed by atoms with van der Waals surface area (Å²) in [5.74, 6) is 0.772. The first-order valence-corrected chi connectivity index (χ1v) is 18.3. The van der Waals surface area contributed by atoms with Gasteiger partial charge in [0.25, 0.3) is 0 Å². The van der Waals surface area contributed by atoms with Gasteiger partial charge in [-0.15, -0.1) is 27.8 Å². The molecule has 4 aromatic carbocycles. The van der Waals surface area contributed by atoms with Gasteiger partial charge in [0.2, 0.25) is 0 Å². The first-order chi connectivity index (χ1) is 25.8. The van der Waals surface area contributed by atoms with Crippen molar-refractivity contribution in [2.75, 3.05) is 0 Å². The number of furan rings is 1. The number of benzene rings is 4. The standard InChI is InChI=1S/C41H24N8OS2/c1-2-10-24-22(8-1)20-29(44-24)35-33(23-9-5-13-28-39(23)48-49-47-28)38-37(31-14-6-18-50-31)40(32-15-7-19-51-32)52-41(38)36(34(35)27-16-17-43-46-27)30-21-42-25-11-3-4-12-26(25)45-30/h1-21,44H,(H,43,46)(H,47,48,49). The van der Waals surface area contributed by atoms with Gasteiger partial charge in [0.1, 0.15) is 11.3 Å². The Morgan fingerprint density at radius 1 is 0.712 bits per heavy atom. The van der Waals surface area contributed by atoms with Gasteiger partial charge in [-0.05, 0) is 60.0 Å². The summed E-state index contributed by atoms with van der Waals surface area (Å²) in [4.78, 5) is 16.3. The first kappa shape index (κ1) is 29.1. The van der Waals surface area contributed by atoms with Crippen molar-refractivity contribution < 1.29 is 4.42 Å². The van der Waals surface area contributed by atoms with Crippen molar-refractivity contribution in [3.63, 3.8) is 0 Å². The van der Waals surface area contributed by atoms with Crippen molar-refractivity contribution in [2.24, 2.45) is 0 Å². The van der Waals surface area contributed by atoms with E-state index in [4.69, 9.17) is 19.5 Å². The van der Waals surface area contributed by atoms with Crippen molar-refractivity contribution >= 4 is 65.7 Å². The molecular formula is C41H24N8OS2. The SMILES string of the molecule is c1coc(-c2c(-c3cccs3)sc3c(-c4cnc5ccccc5n4)c(-c4cc[nH]n4)c(-c4cc5ccccc5[nH]4)c(-c4cccc5[nH]nnc45)c23)c1. The molecule has 0 amide bonds. The summed E-state index contributed by atoms with van der Waals surface area (Å²) >= 11 is 3.44. The van der Waals surface area contributed by atoms with Crippen LogP contribution in [0.15, 0.2) is 132 Å². The predicted octanol–water partition coefficient (Wildman–Crippen LogP) is 11.0. The number of rotatable bonds is 6. The van der Waals surface area contributed by atoms with E-state index in [-0.39, 0.29) is 0 Å². The molecule has 0 spiro atoms. The number of thiophene rings is 2. The average Bonchev–Trinajstić information content (AvgIpc) is 4.02. The molecule has 0 saturated carbocycles. The maximum atomic E-state index is 6.31. The van der Waals surface area contributed by atoms with E-state index in [0.29, 0.717) is 0 Å². The lowest BCUT2D eigenvalue weighted by Gasteiger charge is -2.21. The summed E-state index contributed by atoms with van der Waals surface area (Å²) in [5.41, 5.74) is 12.5. The largest absolute Gasteiger partial charge is 0.464 e. The van der Waals surface area contributed by atoms with Crippen LogP contribution in [0.5, 0.6) is 0 Å². The lowest BCUT2D eigenvalue weighted by atomic mass is 9.83. The Hall–Kier alpha value is -6.69. The van der Waals surface area contributed by atoms with Crippen molar-refractivity contribution in [3.8, 4) is 66.0 Å². The molecule has 11 heteroatoms. The van der Waals surface area contributed by atoms with Crippen molar-refractivity contribution in [1.29, 1.82) is 0 Å². The minimum absolute atomic E-state index is 0.746. The summed E-state index contributed by atoms with van der Waals surface area (Å²) in [6.45, 7) is 0. The fourth-order valence-electron chi connectivity index (χ4n) is 7.37. The zero-order valence-electron chi connectivity index (χ0n) is 27.1. The molecule has 11 aromatic rings. The highest BCUT2D eigenvalue weighted by atomic mass is 32.1. The molecule has 9 nitrogen and oxygen atoms in total. The van der Waals surface area contributed by atoms with Crippen LogP contribution in [0.3, 0.4) is 0 Å². The molecule has 0 fully saturated rings. The van der Waals surface area contributed by atoms with Crippen LogP contribution < -0.4 is 0 Å². The topological polar surface area (TPSA) is 125 Å². The minimum Gasteiger partial charge on any atom is -0.464 e. The molecule has 0 unspecified atom stereocenters. The third-order valence-electron chi connectivity index (χ3n) is 9.53. The number of aromatic nitrogens is 8. The Labute approximate surface area is 302 Å². The molecule has 52 heavy (non-hydrogen) atoms. The molecule has 0 atom stereocenters. The molecule has 0 aliphatic carbocycles.